The van der Waals surface area contributed by atoms with Gasteiger partial charge in [-0.3, -0.25) is 0 Å². The summed E-state index contributed by atoms with van der Waals surface area (Å²) in [6, 6.07) is 6.28. The Morgan fingerprint density at radius 3 is 2.68 bits per heavy atom. The number of halogens is 2. The van der Waals surface area contributed by atoms with Crippen LogP contribution in [0, 0.1) is 11.8 Å². The predicted octanol–water partition coefficient (Wildman–Crippen LogP) is 4.87. The second-order valence-corrected chi connectivity index (χ2v) is 6.73. The quantitative estimate of drug-likeness (QED) is 0.708. The number of imidazole rings is 1. The molecule has 19 heavy (non-hydrogen) atoms. The molecule has 0 saturated carbocycles. The first-order chi connectivity index (χ1) is 9.02. The molecular weight excluding hydrogens is 324 g/mol. The summed E-state index contributed by atoms with van der Waals surface area (Å²) < 4.78 is 3.40. The molecule has 0 aliphatic heterocycles. The molecule has 0 amide bonds. The number of nitrogens with zero attached hydrogens (tertiary/aromatic N) is 2. The van der Waals surface area contributed by atoms with Crippen molar-refractivity contribution in [3.8, 4) is 0 Å². The molecule has 1 aromatic heterocycles. The van der Waals surface area contributed by atoms with E-state index < -0.39 is 0 Å². The van der Waals surface area contributed by atoms with Gasteiger partial charge in [0, 0.05) is 23.3 Å². The van der Waals surface area contributed by atoms with E-state index in [-0.39, 0.29) is 0 Å². The summed E-state index contributed by atoms with van der Waals surface area (Å²) in [5.74, 6) is 2.99. The zero-order chi connectivity index (χ0) is 14.0. The maximum absolute atomic E-state index is 5.90. The highest BCUT2D eigenvalue weighted by Crippen LogP contribution is 2.24. The van der Waals surface area contributed by atoms with E-state index in [0.717, 1.165) is 28.8 Å². The molecule has 4 heteroatoms. The molecule has 0 radical (unpaired) electrons. The third-order valence-corrected chi connectivity index (χ3v) is 4.40. The number of aryl methyl sites for hydroxylation is 1. The molecule has 2 nitrogen and oxygen atoms in total. The molecule has 0 spiro atoms. The first-order valence-corrected chi connectivity index (χ1v) is 8.06. The largest absolute Gasteiger partial charge is 0.328 e. The van der Waals surface area contributed by atoms with Gasteiger partial charge in [-0.05, 0) is 30.0 Å². The summed E-state index contributed by atoms with van der Waals surface area (Å²) in [6.45, 7) is 7.82. The number of benzene rings is 1. The van der Waals surface area contributed by atoms with Crippen LogP contribution in [0.25, 0.3) is 11.0 Å². The van der Waals surface area contributed by atoms with Crippen LogP contribution in [0.15, 0.2) is 22.7 Å². The fraction of sp³-hybridized carbons (Fsp3) is 0.533. The Morgan fingerprint density at radius 2 is 2.05 bits per heavy atom. The van der Waals surface area contributed by atoms with Crippen LogP contribution in [0.2, 0.25) is 0 Å². The van der Waals surface area contributed by atoms with Crippen molar-refractivity contribution in [2.45, 2.75) is 33.7 Å². The van der Waals surface area contributed by atoms with Gasteiger partial charge in [0.15, 0.2) is 0 Å². The molecule has 2 rings (SSSR count). The average molecular weight is 344 g/mol. The van der Waals surface area contributed by atoms with Crippen molar-refractivity contribution in [3.63, 3.8) is 0 Å². The van der Waals surface area contributed by atoms with Crippen LogP contribution in [0.3, 0.4) is 0 Å². The van der Waals surface area contributed by atoms with Crippen molar-refractivity contribution in [1.29, 1.82) is 0 Å². The fourth-order valence-corrected chi connectivity index (χ4v) is 2.65. The number of rotatable bonds is 5. The topological polar surface area (TPSA) is 17.8 Å². The number of hydrogen-bond acceptors (Lipinski definition) is 1. The highest BCUT2D eigenvalue weighted by molar-refractivity contribution is 9.10. The molecule has 0 aliphatic carbocycles. The SMILES string of the molecule is CC(C)C(C)Cn1c(CCCl)nc2cc(Br)ccc21. The van der Waals surface area contributed by atoms with Gasteiger partial charge in [0.2, 0.25) is 0 Å². The van der Waals surface area contributed by atoms with Crippen molar-refractivity contribution in [3.05, 3.63) is 28.5 Å². The van der Waals surface area contributed by atoms with Crippen LogP contribution in [0.4, 0.5) is 0 Å². The predicted molar refractivity (Wildman–Crippen MR) is 85.9 cm³/mol. The Morgan fingerprint density at radius 1 is 1.32 bits per heavy atom. The lowest BCUT2D eigenvalue weighted by atomic mass is 9.98. The van der Waals surface area contributed by atoms with E-state index in [0.29, 0.717) is 17.7 Å². The molecule has 1 heterocycles. The van der Waals surface area contributed by atoms with E-state index in [9.17, 15) is 0 Å². The van der Waals surface area contributed by atoms with Crippen molar-refractivity contribution in [2.24, 2.45) is 11.8 Å². The van der Waals surface area contributed by atoms with Gasteiger partial charge in [-0.2, -0.15) is 0 Å². The molecule has 0 bridgehead atoms. The van der Waals surface area contributed by atoms with Gasteiger partial charge in [-0.25, -0.2) is 4.98 Å². The highest BCUT2D eigenvalue weighted by Gasteiger charge is 2.15. The lowest BCUT2D eigenvalue weighted by Crippen LogP contribution is -2.15. The van der Waals surface area contributed by atoms with Crippen LogP contribution in [0.1, 0.15) is 26.6 Å². The summed E-state index contributed by atoms with van der Waals surface area (Å²) in [7, 11) is 0. The molecular formula is C15H20BrClN2. The number of aromatic nitrogens is 2. The van der Waals surface area contributed by atoms with E-state index in [4.69, 9.17) is 16.6 Å². The zero-order valence-corrected chi connectivity index (χ0v) is 14.0. The Labute approximate surface area is 128 Å². The smallest absolute Gasteiger partial charge is 0.111 e. The van der Waals surface area contributed by atoms with E-state index in [1.54, 1.807) is 0 Å². The normalized spacial score (nSPS) is 13.4. The molecule has 0 fully saturated rings. The maximum Gasteiger partial charge on any atom is 0.111 e. The van der Waals surface area contributed by atoms with Gasteiger partial charge in [-0.15, -0.1) is 11.6 Å². The number of alkyl halides is 1. The van der Waals surface area contributed by atoms with Gasteiger partial charge in [0.05, 0.1) is 11.0 Å². The second-order valence-electron chi connectivity index (χ2n) is 5.43. The van der Waals surface area contributed by atoms with Gasteiger partial charge < -0.3 is 4.57 Å². The lowest BCUT2D eigenvalue weighted by Gasteiger charge is -2.18. The summed E-state index contributed by atoms with van der Waals surface area (Å²) in [5.41, 5.74) is 2.25. The van der Waals surface area contributed by atoms with Crippen molar-refractivity contribution in [1.82, 2.24) is 9.55 Å². The first kappa shape index (κ1) is 14.9. The summed E-state index contributed by atoms with van der Waals surface area (Å²) in [6.07, 6.45) is 0.818. The summed E-state index contributed by atoms with van der Waals surface area (Å²) >= 11 is 9.41. The third-order valence-electron chi connectivity index (χ3n) is 3.72. The van der Waals surface area contributed by atoms with Crippen molar-refractivity contribution < 1.29 is 0 Å². The van der Waals surface area contributed by atoms with E-state index in [1.807, 2.05) is 0 Å². The number of fused-ring (bicyclic) bond motifs is 1. The third kappa shape index (κ3) is 3.32. The minimum Gasteiger partial charge on any atom is -0.328 e. The zero-order valence-electron chi connectivity index (χ0n) is 11.7. The number of hydrogen-bond donors (Lipinski definition) is 0. The Bertz CT molecular complexity index is 563. The van der Waals surface area contributed by atoms with Crippen LogP contribution in [-0.2, 0) is 13.0 Å². The monoisotopic (exact) mass is 342 g/mol. The van der Waals surface area contributed by atoms with E-state index in [1.165, 1.54) is 5.52 Å². The molecule has 1 unspecified atom stereocenters. The van der Waals surface area contributed by atoms with Crippen LogP contribution in [0.5, 0.6) is 0 Å². The fourth-order valence-electron chi connectivity index (χ4n) is 2.13. The van der Waals surface area contributed by atoms with Crippen LogP contribution in [-0.4, -0.2) is 15.4 Å². The van der Waals surface area contributed by atoms with Crippen LogP contribution >= 0.6 is 27.5 Å². The maximum atomic E-state index is 5.90. The molecule has 1 atom stereocenters. The van der Waals surface area contributed by atoms with Crippen LogP contribution < -0.4 is 0 Å². The highest BCUT2D eigenvalue weighted by atomic mass is 79.9. The molecule has 0 aliphatic rings. The molecule has 104 valence electrons. The van der Waals surface area contributed by atoms with Gasteiger partial charge in [-0.1, -0.05) is 36.7 Å². The van der Waals surface area contributed by atoms with Crippen molar-refractivity contribution in [2.75, 3.05) is 5.88 Å². The van der Waals surface area contributed by atoms with E-state index >= 15 is 0 Å². The Hall–Kier alpha value is -0.540. The minimum absolute atomic E-state index is 0.612. The van der Waals surface area contributed by atoms with Gasteiger partial charge in [0.1, 0.15) is 5.82 Å². The van der Waals surface area contributed by atoms with Gasteiger partial charge >= 0.3 is 0 Å². The van der Waals surface area contributed by atoms with E-state index in [2.05, 4.69) is 59.5 Å². The lowest BCUT2D eigenvalue weighted by molar-refractivity contribution is 0.364. The molecule has 1 aromatic carbocycles. The Kier molecular flexibility index (Phi) is 4.91. The van der Waals surface area contributed by atoms with Gasteiger partial charge in [0.25, 0.3) is 0 Å². The standard InChI is InChI=1S/C15H20BrClN2/c1-10(2)11(3)9-19-14-5-4-12(16)8-13(14)18-15(19)6-7-17/h4-5,8,10-11H,6-7,9H2,1-3H3. The Balaban J connectivity index is 2.45. The summed E-state index contributed by atoms with van der Waals surface area (Å²) in [4.78, 5) is 4.72. The average Bonchev–Trinajstić information content (AvgIpc) is 2.67. The van der Waals surface area contributed by atoms with Crippen molar-refractivity contribution >= 4 is 38.6 Å². The second kappa shape index (κ2) is 6.27. The molecule has 0 N–H and O–H groups in total. The molecule has 2 aromatic rings. The minimum atomic E-state index is 0.612. The first-order valence-electron chi connectivity index (χ1n) is 6.73. The summed E-state index contributed by atoms with van der Waals surface area (Å²) in [5, 5.41) is 0. The molecule has 0 saturated heterocycles.